The normalized spacial score (nSPS) is 15.8. The van der Waals surface area contributed by atoms with Crippen molar-refractivity contribution in [2.24, 2.45) is 5.92 Å². The lowest BCUT2D eigenvalue weighted by Crippen LogP contribution is -2.30. The molecule has 0 radical (unpaired) electrons. The van der Waals surface area contributed by atoms with Gasteiger partial charge in [0.25, 0.3) is 5.91 Å². The van der Waals surface area contributed by atoms with Crippen molar-refractivity contribution in [2.75, 3.05) is 13.2 Å². The van der Waals surface area contributed by atoms with E-state index in [1.165, 1.54) is 0 Å². The highest BCUT2D eigenvalue weighted by molar-refractivity contribution is 5.99. The maximum Gasteiger partial charge on any atom is 0.290 e. The Balaban J connectivity index is 1.80. The lowest BCUT2D eigenvalue weighted by Gasteiger charge is -2.25. The van der Waals surface area contributed by atoms with Crippen LogP contribution in [-0.4, -0.2) is 24.0 Å². The monoisotopic (exact) mass is 405 g/mol. The number of fused-ring (bicyclic) bond motifs is 2. The van der Waals surface area contributed by atoms with Gasteiger partial charge in [0.05, 0.1) is 23.6 Å². The summed E-state index contributed by atoms with van der Waals surface area (Å²) in [5.74, 6) is 1.23. The zero-order valence-corrected chi connectivity index (χ0v) is 17.7. The van der Waals surface area contributed by atoms with Gasteiger partial charge < -0.3 is 14.1 Å². The molecule has 0 bridgehead atoms. The van der Waals surface area contributed by atoms with E-state index in [1.54, 1.807) is 23.1 Å². The van der Waals surface area contributed by atoms with Crippen LogP contribution in [0.3, 0.4) is 0 Å². The minimum Gasteiger partial charge on any atom is -0.494 e. The highest BCUT2D eigenvalue weighted by atomic mass is 16.5. The molecule has 0 fully saturated rings. The van der Waals surface area contributed by atoms with E-state index in [0.717, 1.165) is 24.2 Å². The van der Waals surface area contributed by atoms with Gasteiger partial charge >= 0.3 is 0 Å². The van der Waals surface area contributed by atoms with Gasteiger partial charge in [-0.15, -0.1) is 0 Å². The first-order chi connectivity index (χ1) is 14.5. The Bertz CT molecular complexity index is 1130. The van der Waals surface area contributed by atoms with Crippen molar-refractivity contribution in [3.05, 3.63) is 75.6 Å². The average molecular weight is 405 g/mol. The van der Waals surface area contributed by atoms with Gasteiger partial charge in [0.1, 0.15) is 11.3 Å². The Morgan fingerprint density at radius 1 is 1.10 bits per heavy atom. The average Bonchev–Trinajstić information content (AvgIpc) is 3.01. The number of hydrogen-bond acceptors (Lipinski definition) is 4. The highest BCUT2D eigenvalue weighted by Gasteiger charge is 2.42. The molecule has 0 unspecified atom stereocenters. The Labute approximate surface area is 176 Å². The van der Waals surface area contributed by atoms with Crippen molar-refractivity contribution in [1.29, 1.82) is 0 Å². The van der Waals surface area contributed by atoms with Crippen LogP contribution in [0.4, 0.5) is 0 Å². The largest absolute Gasteiger partial charge is 0.494 e. The molecular weight excluding hydrogens is 378 g/mol. The summed E-state index contributed by atoms with van der Waals surface area (Å²) in [6.45, 7) is 7.51. The summed E-state index contributed by atoms with van der Waals surface area (Å²) in [7, 11) is 0. The third-order valence-electron chi connectivity index (χ3n) is 5.48. The Hall–Kier alpha value is -3.08. The smallest absolute Gasteiger partial charge is 0.290 e. The van der Waals surface area contributed by atoms with Gasteiger partial charge in [0, 0.05) is 6.54 Å². The van der Waals surface area contributed by atoms with Crippen molar-refractivity contribution < 1.29 is 13.9 Å². The van der Waals surface area contributed by atoms with Crippen LogP contribution in [0.1, 0.15) is 61.3 Å². The molecule has 0 saturated carbocycles. The molecule has 2 heterocycles. The van der Waals surface area contributed by atoms with Crippen LogP contribution >= 0.6 is 0 Å². The molecule has 30 heavy (non-hydrogen) atoms. The van der Waals surface area contributed by atoms with Crippen molar-refractivity contribution in [1.82, 2.24) is 4.90 Å². The molecule has 2 aromatic carbocycles. The SMILES string of the molecule is CCCN1C(=O)c2oc3ccccc3c(=O)c2[C@@H]1c1cccc(OCCC(C)C)c1. The van der Waals surface area contributed by atoms with Crippen molar-refractivity contribution >= 4 is 16.9 Å². The molecule has 1 atom stereocenters. The third kappa shape index (κ3) is 3.60. The lowest BCUT2D eigenvalue weighted by molar-refractivity contribution is 0.0728. The molecule has 0 saturated heterocycles. The molecule has 0 aliphatic carbocycles. The molecular formula is C25H27NO4. The summed E-state index contributed by atoms with van der Waals surface area (Å²) >= 11 is 0. The first kappa shape index (κ1) is 20.2. The molecule has 5 nitrogen and oxygen atoms in total. The summed E-state index contributed by atoms with van der Waals surface area (Å²) in [4.78, 5) is 28.3. The predicted molar refractivity (Wildman–Crippen MR) is 117 cm³/mol. The van der Waals surface area contributed by atoms with E-state index in [2.05, 4.69) is 13.8 Å². The van der Waals surface area contributed by atoms with Crippen LogP contribution in [0, 0.1) is 5.92 Å². The summed E-state index contributed by atoms with van der Waals surface area (Å²) < 4.78 is 11.8. The number of carbonyl (C=O) groups is 1. The van der Waals surface area contributed by atoms with Crippen LogP contribution < -0.4 is 10.2 Å². The second-order valence-electron chi connectivity index (χ2n) is 8.17. The van der Waals surface area contributed by atoms with E-state index < -0.39 is 6.04 Å². The molecule has 1 aliphatic rings. The number of ether oxygens (including phenoxy) is 1. The molecule has 4 rings (SSSR count). The van der Waals surface area contributed by atoms with E-state index >= 15 is 0 Å². The second kappa shape index (κ2) is 8.34. The number of para-hydroxylation sites is 1. The second-order valence-corrected chi connectivity index (χ2v) is 8.17. The Morgan fingerprint density at radius 2 is 1.90 bits per heavy atom. The van der Waals surface area contributed by atoms with Gasteiger partial charge in [0.15, 0.2) is 5.43 Å². The van der Waals surface area contributed by atoms with Gasteiger partial charge in [-0.25, -0.2) is 0 Å². The van der Waals surface area contributed by atoms with E-state index in [-0.39, 0.29) is 17.1 Å². The third-order valence-corrected chi connectivity index (χ3v) is 5.48. The van der Waals surface area contributed by atoms with E-state index in [9.17, 15) is 9.59 Å². The number of nitrogens with zero attached hydrogens (tertiary/aromatic N) is 1. The molecule has 156 valence electrons. The van der Waals surface area contributed by atoms with Crippen molar-refractivity contribution in [2.45, 2.75) is 39.7 Å². The summed E-state index contributed by atoms with van der Waals surface area (Å²) in [6.07, 6.45) is 1.75. The highest BCUT2D eigenvalue weighted by Crippen LogP contribution is 2.39. The Kier molecular flexibility index (Phi) is 5.62. The van der Waals surface area contributed by atoms with Crippen LogP contribution in [0.25, 0.3) is 11.0 Å². The van der Waals surface area contributed by atoms with Crippen LogP contribution in [0.5, 0.6) is 5.75 Å². The summed E-state index contributed by atoms with van der Waals surface area (Å²) in [5.41, 5.74) is 1.58. The molecule has 1 aliphatic heterocycles. The van der Waals surface area contributed by atoms with Gasteiger partial charge in [-0.05, 0) is 48.6 Å². The number of hydrogen-bond donors (Lipinski definition) is 0. The molecule has 3 aromatic rings. The molecule has 0 N–H and O–H groups in total. The maximum absolute atomic E-state index is 13.4. The van der Waals surface area contributed by atoms with Gasteiger partial charge in [-0.2, -0.15) is 0 Å². The van der Waals surface area contributed by atoms with E-state index in [1.807, 2.05) is 37.3 Å². The zero-order chi connectivity index (χ0) is 21.3. The Morgan fingerprint density at radius 3 is 2.67 bits per heavy atom. The van der Waals surface area contributed by atoms with Gasteiger partial charge in [-0.1, -0.05) is 45.0 Å². The van der Waals surface area contributed by atoms with E-state index in [4.69, 9.17) is 9.15 Å². The van der Waals surface area contributed by atoms with Crippen molar-refractivity contribution in [3.8, 4) is 5.75 Å². The fraction of sp³-hybridized carbons (Fsp3) is 0.360. The van der Waals surface area contributed by atoms with Crippen LogP contribution in [0.2, 0.25) is 0 Å². The standard InChI is InChI=1S/C25H27NO4/c1-4-13-26-22(17-8-7-9-18(15-17)29-14-12-16(2)3)21-23(27)19-10-5-6-11-20(19)30-24(21)25(26)28/h5-11,15-16,22H,4,12-14H2,1-3H3/t22-/m0/s1. The minimum absolute atomic E-state index is 0.144. The maximum atomic E-state index is 13.4. The number of amides is 1. The summed E-state index contributed by atoms with van der Waals surface area (Å²) in [5, 5.41) is 0.497. The van der Waals surface area contributed by atoms with Gasteiger partial charge in [0.2, 0.25) is 5.76 Å². The van der Waals surface area contributed by atoms with Gasteiger partial charge in [-0.3, -0.25) is 9.59 Å². The molecule has 5 heteroatoms. The van der Waals surface area contributed by atoms with E-state index in [0.29, 0.717) is 35.6 Å². The molecule has 1 aromatic heterocycles. The topological polar surface area (TPSA) is 59.8 Å². The van der Waals surface area contributed by atoms with Crippen LogP contribution in [0.15, 0.2) is 57.7 Å². The predicted octanol–water partition coefficient (Wildman–Crippen LogP) is 5.17. The fourth-order valence-electron chi connectivity index (χ4n) is 3.97. The molecule has 1 amide bonds. The first-order valence-corrected chi connectivity index (χ1v) is 10.6. The molecule has 0 spiro atoms. The fourth-order valence-corrected chi connectivity index (χ4v) is 3.97. The summed E-state index contributed by atoms with van der Waals surface area (Å²) in [6, 6.07) is 14.3. The number of carbonyl (C=O) groups excluding carboxylic acids is 1. The minimum atomic E-state index is -0.470. The van der Waals surface area contributed by atoms with Crippen molar-refractivity contribution in [3.63, 3.8) is 0 Å². The van der Waals surface area contributed by atoms with Crippen LogP contribution in [-0.2, 0) is 0 Å². The number of benzene rings is 2. The quantitative estimate of drug-likeness (QED) is 0.544. The first-order valence-electron chi connectivity index (χ1n) is 10.6. The zero-order valence-electron chi connectivity index (χ0n) is 17.7. The lowest BCUT2D eigenvalue weighted by atomic mass is 9.98. The number of rotatable bonds is 7.